The quantitative estimate of drug-likeness (QED) is 0.555. The average molecular weight is 209 g/mol. The van der Waals surface area contributed by atoms with Gasteiger partial charge in [-0.15, -0.1) is 0 Å². The highest BCUT2D eigenvalue weighted by molar-refractivity contribution is 7.50. The number of hydrogen-bond donors (Lipinski definition) is 2. The third kappa shape index (κ3) is 3.28. The van der Waals surface area contributed by atoms with Crippen LogP contribution in [0.25, 0.3) is 0 Å². The van der Waals surface area contributed by atoms with E-state index in [1.54, 1.807) is 0 Å². The first kappa shape index (κ1) is 9.61. The zero-order valence-corrected chi connectivity index (χ0v) is 7.53. The van der Waals surface area contributed by atoms with Crippen LogP contribution in [0.2, 0.25) is 5.15 Å². The Morgan fingerprint density at radius 3 is 2.67 bits per heavy atom. The molecule has 5 nitrogen and oxygen atoms in total. The molecule has 0 amide bonds. The molecule has 12 heavy (non-hydrogen) atoms. The third-order valence-electron chi connectivity index (χ3n) is 1.06. The first-order valence-electron chi connectivity index (χ1n) is 2.98. The van der Waals surface area contributed by atoms with E-state index >= 15 is 0 Å². The fraction of sp³-hybridized carbons (Fsp3) is 0.200. The van der Waals surface area contributed by atoms with E-state index in [1.807, 2.05) is 0 Å². The molecule has 2 N–H and O–H groups in total. The van der Waals surface area contributed by atoms with Crippen molar-refractivity contribution in [3.05, 3.63) is 23.2 Å². The topological polar surface area (TPSA) is 83.3 Å². The summed E-state index contributed by atoms with van der Waals surface area (Å²) in [7, 11) is -4.06. The predicted octanol–water partition coefficient (Wildman–Crippen LogP) is 0.808. The average Bonchev–Trinajstić information content (AvgIpc) is 1.82. The zero-order valence-electron chi connectivity index (χ0n) is 5.88. The van der Waals surface area contributed by atoms with Gasteiger partial charge in [-0.05, 0) is 6.07 Å². The van der Waals surface area contributed by atoms with Crippen molar-refractivity contribution in [2.45, 2.75) is 6.16 Å². The predicted molar refractivity (Wildman–Crippen MR) is 42.8 cm³/mol. The van der Waals surface area contributed by atoms with E-state index in [0.717, 1.165) is 6.33 Å². The maximum Gasteiger partial charge on any atom is 0.331 e. The lowest BCUT2D eigenvalue weighted by atomic mass is 10.5. The Kier molecular flexibility index (Phi) is 2.80. The molecular formula is C5H6ClN2O3P. The normalized spacial score (nSPS) is 11.6. The van der Waals surface area contributed by atoms with Crippen molar-refractivity contribution in [3.63, 3.8) is 0 Å². The molecule has 0 spiro atoms. The van der Waals surface area contributed by atoms with Crippen LogP contribution in [0.1, 0.15) is 5.69 Å². The van der Waals surface area contributed by atoms with Crippen molar-refractivity contribution in [2.75, 3.05) is 0 Å². The zero-order chi connectivity index (χ0) is 9.19. The van der Waals surface area contributed by atoms with Crippen LogP contribution in [-0.2, 0) is 10.7 Å². The van der Waals surface area contributed by atoms with E-state index in [0.29, 0.717) is 0 Å². The second-order valence-corrected chi connectivity index (χ2v) is 4.19. The lowest BCUT2D eigenvalue weighted by molar-refractivity contribution is 0.371. The van der Waals surface area contributed by atoms with Crippen LogP contribution in [0.5, 0.6) is 0 Å². The van der Waals surface area contributed by atoms with Gasteiger partial charge >= 0.3 is 7.60 Å². The van der Waals surface area contributed by atoms with Gasteiger partial charge in [-0.2, -0.15) is 0 Å². The second kappa shape index (κ2) is 3.49. The Morgan fingerprint density at radius 1 is 1.50 bits per heavy atom. The lowest BCUT2D eigenvalue weighted by Crippen LogP contribution is -1.91. The minimum atomic E-state index is -4.06. The number of rotatable bonds is 2. The van der Waals surface area contributed by atoms with Crippen LogP contribution in [0, 0.1) is 0 Å². The highest BCUT2D eigenvalue weighted by Crippen LogP contribution is 2.38. The Labute approximate surface area is 73.6 Å². The van der Waals surface area contributed by atoms with Gasteiger partial charge in [-0.3, -0.25) is 4.57 Å². The summed E-state index contributed by atoms with van der Waals surface area (Å²) < 4.78 is 10.5. The minimum absolute atomic E-state index is 0.174. The molecule has 0 saturated carbocycles. The van der Waals surface area contributed by atoms with Crippen molar-refractivity contribution in [1.82, 2.24) is 9.97 Å². The van der Waals surface area contributed by atoms with Crippen LogP contribution in [-0.4, -0.2) is 19.8 Å². The molecule has 7 heteroatoms. The molecule has 66 valence electrons. The molecule has 0 radical (unpaired) electrons. The fourth-order valence-corrected chi connectivity index (χ4v) is 1.43. The summed E-state index contributed by atoms with van der Waals surface area (Å²) in [5, 5.41) is 0.174. The monoisotopic (exact) mass is 208 g/mol. The van der Waals surface area contributed by atoms with Crippen LogP contribution >= 0.6 is 19.2 Å². The van der Waals surface area contributed by atoms with Crippen LogP contribution < -0.4 is 0 Å². The first-order valence-corrected chi connectivity index (χ1v) is 5.16. The van der Waals surface area contributed by atoms with E-state index < -0.39 is 13.8 Å². The maximum atomic E-state index is 10.5. The molecule has 0 saturated heterocycles. The van der Waals surface area contributed by atoms with Gasteiger partial charge in [0.15, 0.2) is 0 Å². The van der Waals surface area contributed by atoms with Crippen molar-refractivity contribution in [2.24, 2.45) is 0 Å². The second-order valence-electron chi connectivity index (χ2n) is 2.15. The molecule has 0 aliphatic carbocycles. The first-order chi connectivity index (χ1) is 5.47. The number of halogens is 1. The Balaban J connectivity index is 2.84. The smallest absolute Gasteiger partial charge is 0.324 e. The minimum Gasteiger partial charge on any atom is -0.324 e. The van der Waals surface area contributed by atoms with E-state index in [2.05, 4.69) is 9.97 Å². The van der Waals surface area contributed by atoms with Crippen LogP contribution in [0.15, 0.2) is 12.4 Å². The van der Waals surface area contributed by atoms with Gasteiger partial charge in [0.1, 0.15) is 11.5 Å². The largest absolute Gasteiger partial charge is 0.331 e. The Bertz CT molecular complexity index is 326. The van der Waals surface area contributed by atoms with Gasteiger partial charge in [-0.1, -0.05) is 11.6 Å². The van der Waals surface area contributed by atoms with Crippen LogP contribution in [0.4, 0.5) is 0 Å². The molecule has 0 atom stereocenters. The van der Waals surface area contributed by atoms with Crippen LogP contribution in [0.3, 0.4) is 0 Å². The molecule has 0 aliphatic rings. The van der Waals surface area contributed by atoms with Crippen molar-refractivity contribution >= 4 is 19.2 Å². The summed E-state index contributed by atoms with van der Waals surface area (Å²) in [6.07, 6.45) is 0.753. The van der Waals surface area contributed by atoms with Gasteiger partial charge in [0.25, 0.3) is 0 Å². The van der Waals surface area contributed by atoms with Gasteiger partial charge in [0, 0.05) is 0 Å². The molecule has 1 heterocycles. The summed E-state index contributed by atoms with van der Waals surface area (Å²) in [5.74, 6) is 0. The fourth-order valence-electron chi connectivity index (χ4n) is 0.668. The molecule has 1 aromatic heterocycles. The summed E-state index contributed by atoms with van der Waals surface area (Å²) >= 11 is 5.47. The molecule has 0 aromatic carbocycles. The molecule has 1 aromatic rings. The van der Waals surface area contributed by atoms with Crippen molar-refractivity contribution in [3.8, 4) is 0 Å². The molecular weight excluding hydrogens is 202 g/mol. The summed E-state index contributed by atoms with van der Waals surface area (Å²) in [6, 6.07) is 1.32. The number of hydrogen-bond acceptors (Lipinski definition) is 3. The highest BCUT2D eigenvalue weighted by Gasteiger charge is 2.14. The van der Waals surface area contributed by atoms with Crippen molar-refractivity contribution < 1.29 is 14.4 Å². The molecule has 0 aliphatic heterocycles. The number of nitrogens with zero attached hydrogens (tertiary/aromatic N) is 2. The molecule has 1 rings (SSSR count). The standard InChI is InChI=1S/C5H6ClN2O3P/c6-5-1-4(7-3-8-5)2-12(9,10)11/h1,3H,2H2,(H2,9,10,11). The maximum absolute atomic E-state index is 10.5. The molecule has 0 fully saturated rings. The van der Waals surface area contributed by atoms with E-state index in [4.69, 9.17) is 21.4 Å². The van der Waals surface area contributed by atoms with Gasteiger partial charge in [0.2, 0.25) is 0 Å². The van der Waals surface area contributed by atoms with E-state index in [9.17, 15) is 4.57 Å². The Hall–Kier alpha value is -0.480. The summed E-state index contributed by atoms with van der Waals surface area (Å²) in [5.41, 5.74) is 0.239. The SMILES string of the molecule is O=P(O)(O)Cc1cc(Cl)ncn1. The molecule has 0 unspecified atom stereocenters. The number of aromatic nitrogens is 2. The third-order valence-corrected chi connectivity index (χ3v) is 2.00. The van der Waals surface area contributed by atoms with E-state index in [-0.39, 0.29) is 10.8 Å². The lowest BCUT2D eigenvalue weighted by Gasteiger charge is -2.01. The summed E-state index contributed by atoms with van der Waals surface area (Å²) in [6.45, 7) is 0. The van der Waals surface area contributed by atoms with Gasteiger partial charge in [0.05, 0.1) is 11.9 Å². The summed E-state index contributed by atoms with van der Waals surface area (Å²) in [4.78, 5) is 24.3. The van der Waals surface area contributed by atoms with Gasteiger partial charge < -0.3 is 9.79 Å². The van der Waals surface area contributed by atoms with E-state index in [1.165, 1.54) is 6.07 Å². The Morgan fingerprint density at radius 2 is 2.17 bits per heavy atom. The van der Waals surface area contributed by atoms with Gasteiger partial charge in [-0.25, -0.2) is 9.97 Å². The molecule has 0 bridgehead atoms. The highest BCUT2D eigenvalue weighted by atomic mass is 35.5. The van der Waals surface area contributed by atoms with Crippen molar-refractivity contribution in [1.29, 1.82) is 0 Å².